The van der Waals surface area contributed by atoms with Crippen molar-refractivity contribution in [3.63, 3.8) is 0 Å². The second kappa shape index (κ2) is 6.83. The fourth-order valence-corrected chi connectivity index (χ4v) is 2.85. The molecule has 1 amide bonds. The van der Waals surface area contributed by atoms with Gasteiger partial charge in [0.25, 0.3) is 0 Å². The van der Waals surface area contributed by atoms with Gasteiger partial charge in [0.05, 0.1) is 5.56 Å². The number of hydrogen-bond donors (Lipinski definition) is 3. The molecule has 0 heterocycles. The summed E-state index contributed by atoms with van der Waals surface area (Å²) >= 11 is 5.60. The van der Waals surface area contributed by atoms with Crippen LogP contribution in [-0.2, 0) is 14.8 Å². The molecule has 21 heavy (non-hydrogen) atoms. The van der Waals surface area contributed by atoms with Crippen LogP contribution in [0.5, 0.6) is 0 Å². The van der Waals surface area contributed by atoms with Crippen LogP contribution < -0.4 is 10.0 Å². The van der Waals surface area contributed by atoms with Gasteiger partial charge in [-0.1, -0.05) is 11.6 Å². The number of carbonyl (C=O) groups excluding carboxylic acids is 1. The summed E-state index contributed by atoms with van der Waals surface area (Å²) in [5.74, 6) is -3.39. The number of halogens is 2. The van der Waals surface area contributed by atoms with Crippen LogP contribution in [0, 0.1) is 5.82 Å². The van der Waals surface area contributed by atoms with Crippen LogP contribution in [0.25, 0.3) is 0 Å². The van der Waals surface area contributed by atoms with E-state index >= 15 is 0 Å². The van der Waals surface area contributed by atoms with Crippen molar-refractivity contribution < 1.29 is 27.5 Å². The number of benzene rings is 1. The van der Waals surface area contributed by atoms with Crippen LogP contribution >= 0.6 is 11.6 Å². The fourth-order valence-electron chi connectivity index (χ4n) is 1.42. The molecule has 1 aromatic carbocycles. The van der Waals surface area contributed by atoms with Gasteiger partial charge in [-0.15, -0.1) is 0 Å². The number of amides is 1. The first kappa shape index (κ1) is 17.3. The molecule has 7 nitrogen and oxygen atoms in total. The minimum Gasteiger partial charge on any atom is -0.478 e. The summed E-state index contributed by atoms with van der Waals surface area (Å²) in [6, 6.07) is 1.62. The predicted octanol–water partition coefficient (Wildman–Crippen LogP) is 0.592. The maximum absolute atomic E-state index is 13.9. The maximum atomic E-state index is 13.9. The third-order valence-electron chi connectivity index (χ3n) is 2.31. The lowest BCUT2D eigenvalue weighted by molar-refractivity contribution is -0.118. The van der Waals surface area contributed by atoms with E-state index in [1.54, 1.807) is 0 Å². The van der Waals surface area contributed by atoms with Crippen LogP contribution in [0.1, 0.15) is 17.3 Å². The van der Waals surface area contributed by atoms with Crippen LogP contribution in [-0.4, -0.2) is 38.5 Å². The first-order valence-corrected chi connectivity index (χ1v) is 7.47. The van der Waals surface area contributed by atoms with Crippen molar-refractivity contribution in [1.29, 1.82) is 0 Å². The number of hydrogen-bond acceptors (Lipinski definition) is 4. The molecule has 0 bridgehead atoms. The SMILES string of the molecule is CC(=O)NCCNS(=O)(=O)c1cc(Cl)cc(C(=O)O)c1F. The molecule has 0 unspecified atom stereocenters. The Morgan fingerprint density at radius 1 is 1.33 bits per heavy atom. The molecule has 0 aliphatic heterocycles. The highest BCUT2D eigenvalue weighted by atomic mass is 35.5. The summed E-state index contributed by atoms with van der Waals surface area (Å²) in [5, 5.41) is 10.9. The van der Waals surface area contributed by atoms with Crippen molar-refractivity contribution in [2.24, 2.45) is 0 Å². The summed E-state index contributed by atoms with van der Waals surface area (Å²) in [6.07, 6.45) is 0. The van der Waals surface area contributed by atoms with E-state index in [0.29, 0.717) is 0 Å². The van der Waals surface area contributed by atoms with E-state index in [0.717, 1.165) is 12.1 Å². The zero-order valence-electron chi connectivity index (χ0n) is 10.8. The Morgan fingerprint density at radius 3 is 2.48 bits per heavy atom. The molecular weight excluding hydrogens is 327 g/mol. The molecule has 0 spiro atoms. The Bertz CT molecular complexity index is 677. The molecule has 0 saturated heterocycles. The molecule has 3 N–H and O–H groups in total. The Morgan fingerprint density at radius 2 is 1.95 bits per heavy atom. The number of aromatic carboxylic acids is 1. The number of carboxylic acid groups (broad SMARTS) is 1. The largest absolute Gasteiger partial charge is 0.478 e. The Kier molecular flexibility index (Phi) is 5.64. The highest BCUT2D eigenvalue weighted by molar-refractivity contribution is 7.89. The standard InChI is InChI=1S/C11H12ClFN2O5S/c1-6(16)14-2-3-15-21(19,20)9-5-7(12)4-8(10(9)13)11(17)18/h4-5,15H,2-3H2,1H3,(H,14,16)(H,17,18). The molecule has 1 rings (SSSR count). The molecule has 0 aliphatic rings. The summed E-state index contributed by atoms with van der Waals surface area (Å²) in [6.45, 7) is 1.07. The van der Waals surface area contributed by atoms with Gasteiger partial charge in [-0.2, -0.15) is 0 Å². The molecule has 0 atom stereocenters. The first-order valence-electron chi connectivity index (χ1n) is 5.61. The number of rotatable bonds is 6. The minimum atomic E-state index is -4.29. The van der Waals surface area contributed by atoms with Crippen LogP contribution in [0.3, 0.4) is 0 Å². The van der Waals surface area contributed by atoms with E-state index in [4.69, 9.17) is 16.7 Å². The second-order valence-corrected chi connectivity index (χ2v) is 6.12. The number of carboxylic acids is 1. The van der Waals surface area contributed by atoms with E-state index in [1.807, 2.05) is 4.72 Å². The van der Waals surface area contributed by atoms with E-state index in [1.165, 1.54) is 6.92 Å². The molecule has 10 heteroatoms. The quantitative estimate of drug-likeness (QED) is 0.657. The monoisotopic (exact) mass is 338 g/mol. The van der Waals surface area contributed by atoms with E-state index < -0.39 is 32.3 Å². The molecule has 0 aliphatic carbocycles. The zero-order valence-corrected chi connectivity index (χ0v) is 12.4. The predicted molar refractivity (Wildman–Crippen MR) is 72.2 cm³/mol. The van der Waals surface area contributed by atoms with Crippen LogP contribution in [0.4, 0.5) is 4.39 Å². The third kappa shape index (κ3) is 4.66. The number of sulfonamides is 1. The lowest BCUT2D eigenvalue weighted by Crippen LogP contribution is -2.34. The second-order valence-electron chi connectivity index (χ2n) is 3.95. The summed E-state index contributed by atoms with van der Waals surface area (Å²) in [4.78, 5) is 20.6. The molecule has 116 valence electrons. The zero-order chi connectivity index (χ0) is 16.2. The van der Waals surface area contributed by atoms with Gasteiger partial charge < -0.3 is 10.4 Å². The van der Waals surface area contributed by atoms with Gasteiger partial charge in [-0.25, -0.2) is 22.3 Å². The summed E-state index contributed by atoms with van der Waals surface area (Å²) in [5.41, 5.74) is -0.843. The van der Waals surface area contributed by atoms with Crippen molar-refractivity contribution >= 4 is 33.5 Å². The third-order valence-corrected chi connectivity index (χ3v) is 3.99. The van der Waals surface area contributed by atoms with E-state index in [9.17, 15) is 22.4 Å². The number of nitrogens with one attached hydrogen (secondary N) is 2. The molecular formula is C11H12ClFN2O5S. The van der Waals surface area contributed by atoms with Crippen molar-refractivity contribution in [3.05, 3.63) is 28.5 Å². The highest BCUT2D eigenvalue weighted by Crippen LogP contribution is 2.23. The Balaban J connectivity index is 3.03. The topological polar surface area (TPSA) is 113 Å². The van der Waals surface area contributed by atoms with Gasteiger partial charge in [0, 0.05) is 25.0 Å². The summed E-state index contributed by atoms with van der Waals surface area (Å²) < 4.78 is 39.8. The van der Waals surface area contributed by atoms with Crippen molar-refractivity contribution in [2.75, 3.05) is 13.1 Å². The smallest absolute Gasteiger partial charge is 0.338 e. The minimum absolute atomic E-state index is 0.00252. The average Bonchev–Trinajstić information content (AvgIpc) is 2.36. The normalized spacial score (nSPS) is 11.2. The van der Waals surface area contributed by atoms with Gasteiger partial charge in [0.15, 0.2) is 5.82 Å². The molecule has 1 aromatic rings. The fraction of sp³-hybridized carbons (Fsp3) is 0.273. The van der Waals surface area contributed by atoms with Crippen LogP contribution in [0.15, 0.2) is 17.0 Å². The first-order chi connectivity index (χ1) is 9.65. The maximum Gasteiger partial charge on any atom is 0.338 e. The Labute approximate surface area is 125 Å². The highest BCUT2D eigenvalue weighted by Gasteiger charge is 2.24. The van der Waals surface area contributed by atoms with E-state index in [2.05, 4.69) is 5.32 Å². The lowest BCUT2D eigenvalue weighted by atomic mass is 10.2. The van der Waals surface area contributed by atoms with Crippen molar-refractivity contribution in [3.8, 4) is 0 Å². The van der Waals surface area contributed by atoms with E-state index in [-0.39, 0.29) is 24.0 Å². The molecule has 0 radical (unpaired) electrons. The van der Waals surface area contributed by atoms with Crippen molar-refractivity contribution in [1.82, 2.24) is 10.0 Å². The number of carbonyl (C=O) groups is 2. The van der Waals surface area contributed by atoms with Gasteiger partial charge in [-0.3, -0.25) is 4.79 Å². The van der Waals surface area contributed by atoms with Crippen LogP contribution in [0.2, 0.25) is 5.02 Å². The summed E-state index contributed by atoms with van der Waals surface area (Å²) in [7, 11) is -4.29. The van der Waals surface area contributed by atoms with Gasteiger partial charge in [0.2, 0.25) is 15.9 Å². The Hall–Kier alpha value is -1.71. The van der Waals surface area contributed by atoms with Gasteiger partial charge >= 0.3 is 5.97 Å². The van der Waals surface area contributed by atoms with Gasteiger partial charge in [0.1, 0.15) is 4.90 Å². The van der Waals surface area contributed by atoms with Gasteiger partial charge in [-0.05, 0) is 12.1 Å². The molecule has 0 aromatic heterocycles. The average molecular weight is 339 g/mol. The lowest BCUT2D eigenvalue weighted by Gasteiger charge is -2.10. The van der Waals surface area contributed by atoms with Crippen molar-refractivity contribution in [2.45, 2.75) is 11.8 Å². The molecule has 0 saturated carbocycles. The molecule has 0 fully saturated rings.